The van der Waals surface area contributed by atoms with Crippen molar-refractivity contribution in [2.45, 2.75) is 50.6 Å². The predicted octanol–water partition coefficient (Wildman–Crippen LogP) is 6.60. The number of hydrogen-bond donors (Lipinski definition) is 1. The van der Waals surface area contributed by atoms with Gasteiger partial charge in [-0.3, -0.25) is 13.9 Å². The first-order valence-electron chi connectivity index (χ1n) is 15.4. The van der Waals surface area contributed by atoms with Gasteiger partial charge in [-0.15, -0.1) is 0 Å². The molecule has 242 valence electrons. The van der Waals surface area contributed by atoms with Crippen LogP contribution in [0.3, 0.4) is 0 Å². The lowest BCUT2D eigenvalue weighted by Gasteiger charge is -2.34. The minimum absolute atomic E-state index is 0.0503. The molecule has 0 fully saturated rings. The second kappa shape index (κ2) is 17.0. The Morgan fingerprint density at radius 2 is 1.46 bits per heavy atom. The minimum atomic E-state index is -4.17. The highest BCUT2D eigenvalue weighted by Crippen LogP contribution is 2.27. The first kappa shape index (κ1) is 34.7. The summed E-state index contributed by atoms with van der Waals surface area (Å²) in [4.78, 5) is 29.9. The van der Waals surface area contributed by atoms with E-state index < -0.39 is 28.5 Å². The summed E-state index contributed by atoms with van der Waals surface area (Å²) in [5.74, 6) is -0.220. The number of rotatable bonds is 16. The molecule has 0 aromatic heterocycles. The second-order valence-corrected chi connectivity index (χ2v) is 13.5. The number of hydrogen-bond acceptors (Lipinski definition) is 5. The van der Waals surface area contributed by atoms with Gasteiger partial charge >= 0.3 is 0 Å². The van der Waals surface area contributed by atoms with Gasteiger partial charge in [0.2, 0.25) is 11.8 Å². The Bertz CT molecular complexity index is 1650. The topological polar surface area (TPSA) is 96.0 Å². The van der Waals surface area contributed by atoms with E-state index in [4.69, 9.17) is 4.74 Å². The van der Waals surface area contributed by atoms with Crippen molar-refractivity contribution >= 4 is 43.5 Å². The number of carbonyl (C=O) groups excluding carboxylic acids is 2. The quantitative estimate of drug-likeness (QED) is 0.133. The van der Waals surface area contributed by atoms with Crippen LogP contribution < -0.4 is 14.4 Å². The Labute approximate surface area is 280 Å². The van der Waals surface area contributed by atoms with Gasteiger partial charge in [-0.1, -0.05) is 89.9 Å². The number of carbonyl (C=O) groups is 2. The highest BCUT2D eigenvalue weighted by Gasteiger charge is 2.34. The van der Waals surface area contributed by atoms with Crippen LogP contribution in [0.2, 0.25) is 0 Å². The Kier molecular flexibility index (Phi) is 12.8. The van der Waals surface area contributed by atoms with E-state index >= 15 is 0 Å². The molecule has 10 heteroatoms. The highest BCUT2D eigenvalue weighted by atomic mass is 79.9. The third-order valence-corrected chi connectivity index (χ3v) is 9.73. The molecule has 4 rings (SSSR count). The van der Waals surface area contributed by atoms with Crippen molar-refractivity contribution in [3.63, 3.8) is 0 Å². The minimum Gasteiger partial charge on any atom is -0.494 e. The lowest BCUT2D eigenvalue weighted by Crippen LogP contribution is -2.53. The lowest BCUT2D eigenvalue weighted by atomic mass is 10.0. The number of nitrogens with zero attached hydrogens (tertiary/aromatic N) is 2. The molecule has 0 aliphatic carbocycles. The molecule has 0 radical (unpaired) electrons. The lowest BCUT2D eigenvalue weighted by molar-refractivity contribution is -0.140. The fourth-order valence-corrected chi connectivity index (χ4v) is 6.67. The maximum atomic E-state index is 14.5. The normalized spacial score (nSPS) is 11.8. The zero-order valence-corrected chi connectivity index (χ0v) is 28.5. The molecular formula is C36H40BrN3O5S. The van der Waals surface area contributed by atoms with Crippen LogP contribution in [-0.2, 0) is 32.6 Å². The van der Waals surface area contributed by atoms with E-state index in [-0.39, 0.29) is 23.8 Å². The van der Waals surface area contributed by atoms with Gasteiger partial charge in [0.05, 0.1) is 17.2 Å². The van der Waals surface area contributed by atoms with Crippen molar-refractivity contribution in [3.05, 3.63) is 125 Å². The van der Waals surface area contributed by atoms with Crippen LogP contribution in [0.1, 0.15) is 37.8 Å². The van der Waals surface area contributed by atoms with Gasteiger partial charge in [-0.2, -0.15) is 0 Å². The van der Waals surface area contributed by atoms with Crippen LogP contribution in [0.5, 0.6) is 5.75 Å². The first-order chi connectivity index (χ1) is 22.2. The predicted molar refractivity (Wildman–Crippen MR) is 185 cm³/mol. The van der Waals surface area contributed by atoms with Crippen molar-refractivity contribution in [2.24, 2.45) is 0 Å². The van der Waals surface area contributed by atoms with E-state index in [0.717, 1.165) is 32.7 Å². The molecular weight excluding hydrogens is 666 g/mol. The van der Waals surface area contributed by atoms with Gasteiger partial charge in [-0.05, 0) is 73.0 Å². The third-order valence-electron chi connectivity index (χ3n) is 7.41. The molecule has 2 amide bonds. The molecule has 0 spiro atoms. The monoisotopic (exact) mass is 705 g/mol. The van der Waals surface area contributed by atoms with Gasteiger partial charge in [0.25, 0.3) is 10.0 Å². The number of sulfonamides is 1. The number of halogens is 1. The van der Waals surface area contributed by atoms with Crippen LogP contribution in [0.25, 0.3) is 0 Å². The number of amides is 2. The van der Waals surface area contributed by atoms with Gasteiger partial charge in [0, 0.05) is 24.0 Å². The number of ether oxygens (including phenoxy) is 1. The zero-order chi connectivity index (χ0) is 32.9. The van der Waals surface area contributed by atoms with Crippen molar-refractivity contribution in [3.8, 4) is 5.75 Å². The summed E-state index contributed by atoms with van der Waals surface area (Å²) in [5.41, 5.74) is 1.98. The Morgan fingerprint density at radius 3 is 2.07 bits per heavy atom. The van der Waals surface area contributed by atoms with E-state index in [0.29, 0.717) is 24.6 Å². The molecule has 4 aromatic carbocycles. The molecule has 0 aliphatic heterocycles. The Balaban J connectivity index is 1.77. The summed E-state index contributed by atoms with van der Waals surface area (Å²) >= 11 is 3.46. The summed E-state index contributed by atoms with van der Waals surface area (Å²) in [6.45, 7) is 4.42. The van der Waals surface area contributed by atoms with Crippen LogP contribution >= 0.6 is 15.9 Å². The van der Waals surface area contributed by atoms with Crippen molar-refractivity contribution in [1.82, 2.24) is 10.2 Å². The van der Waals surface area contributed by atoms with Gasteiger partial charge in [-0.25, -0.2) is 8.42 Å². The average Bonchev–Trinajstić information content (AvgIpc) is 3.07. The largest absolute Gasteiger partial charge is 0.494 e. The molecule has 1 atom stereocenters. The molecule has 0 aliphatic rings. The van der Waals surface area contributed by atoms with E-state index in [9.17, 15) is 18.0 Å². The molecule has 0 bridgehead atoms. The zero-order valence-electron chi connectivity index (χ0n) is 26.1. The maximum Gasteiger partial charge on any atom is 0.264 e. The smallest absolute Gasteiger partial charge is 0.264 e. The van der Waals surface area contributed by atoms with Crippen LogP contribution in [0.4, 0.5) is 5.69 Å². The standard InChI is InChI=1S/C36H40BrN3O5S/c1-3-5-24-38-36(42)34(25-28-12-8-6-9-13-28)39(26-29-16-18-30(37)19-17-29)35(41)27-40(31-20-22-32(23-21-31)45-4-2)46(43,44)33-14-10-7-11-15-33/h6-23,34H,3-5,24-27H2,1-2H3,(H,38,42). The summed E-state index contributed by atoms with van der Waals surface area (Å²) < 4.78 is 35.8. The fraction of sp³-hybridized carbons (Fsp3) is 0.278. The highest BCUT2D eigenvalue weighted by molar-refractivity contribution is 9.10. The van der Waals surface area contributed by atoms with Crippen molar-refractivity contribution < 1.29 is 22.7 Å². The van der Waals surface area contributed by atoms with E-state index in [2.05, 4.69) is 21.2 Å². The van der Waals surface area contributed by atoms with Gasteiger partial charge < -0.3 is 15.0 Å². The fourth-order valence-electron chi connectivity index (χ4n) is 4.97. The Hall–Kier alpha value is -4.15. The molecule has 0 saturated heterocycles. The molecule has 1 N–H and O–H groups in total. The maximum absolute atomic E-state index is 14.5. The van der Waals surface area contributed by atoms with E-state index in [1.165, 1.54) is 17.0 Å². The van der Waals surface area contributed by atoms with Crippen LogP contribution in [0.15, 0.2) is 119 Å². The summed E-state index contributed by atoms with van der Waals surface area (Å²) in [5, 5.41) is 3.01. The van der Waals surface area contributed by atoms with Gasteiger partial charge in [0.15, 0.2) is 0 Å². The van der Waals surface area contributed by atoms with Gasteiger partial charge in [0.1, 0.15) is 18.3 Å². The second-order valence-electron chi connectivity index (χ2n) is 10.7. The first-order valence-corrected chi connectivity index (χ1v) is 17.6. The summed E-state index contributed by atoms with van der Waals surface area (Å²) in [6, 6.07) is 30.7. The van der Waals surface area contributed by atoms with Crippen LogP contribution in [0, 0.1) is 0 Å². The van der Waals surface area contributed by atoms with Crippen LogP contribution in [-0.4, -0.2) is 50.9 Å². The molecule has 46 heavy (non-hydrogen) atoms. The number of benzene rings is 4. The summed E-state index contributed by atoms with van der Waals surface area (Å²) in [7, 11) is -4.17. The molecule has 0 saturated carbocycles. The molecule has 8 nitrogen and oxygen atoms in total. The number of nitrogens with one attached hydrogen (secondary N) is 1. The van der Waals surface area contributed by atoms with Crippen molar-refractivity contribution in [1.29, 1.82) is 0 Å². The SMILES string of the molecule is CCCCNC(=O)C(Cc1ccccc1)N(Cc1ccc(Br)cc1)C(=O)CN(c1ccc(OCC)cc1)S(=O)(=O)c1ccccc1. The molecule has 1 unspecified atom stereocenters. The molecule has 4 aromatic rings. The molecule has 0 heterocycles. The van der Waals surface area contributed by atoms with Crippen molar-refractivity contribution in [2.75, 3.05) is 24.0 Å². The third kappa shape index (κ3) is 9.43. The number of anilines is 1. The number of unbranched alkanes of at least 4 members (excludes halogenated alkanes) is 1. The Morgan fingerprint density at radius 1 is 0.826 bits per heavy atom. The van der Waals surface area contributed by atoms with E-state index in [1.54, 1.807) is 42.5 Å². The summed E-state index contributed by atoms with van der Waals surface area (Å²) in [6.07, 6.45) is 1.96. The van der Waals surface area contributed by atoms with E-state index in [1.807, 2.05) is 68.4 Å². The average molecular weight is 707 g/mol.